The van der Waals surface area contributed by atoms with Crippen LogP contribution < -0.4 is 0 Å². The first-order valence-electron chi connectivity index (χ1n) is 8.18. The number of nitrogens with zero attached hydrogens (tertiary/aromatic N) is 2. The summed E-state index contributed by atoms with van der Waals surface area (Å²) in [5, 5.41) is 0.0693. The van der Waals surface area contributed by atoms with E-state index in [0.717, 1.165) is 12.8 Å². The van der Waals surface area contributed by atoms with Crippen molar-refractivity contribution < 1.29 is 13.9 Å². The van der Waals surface area contributed by atoms with Gasteiger partial charge in [-0.15, -0.1) is 0 Å². The first-order valence-corrected chi connectivity index (χ1v) is 8.55. The Morgan fingerprint density at radius 3 is 2.60 bits per heavy atom. The van der Waals surface area contributed by atoms with Crippen molar-refractivity contribution in [3.05, 3.63) is 47.0 Å². The maximum atomic E-state index is 13.5. The highest BCUT2D eigenvalue weighted by Crippen LogP contribution is 2.21. The number of benzene rings is 1. The van der Waals surface area contributed by atoms with Crippen LogP contribution in [0.25, 0.3) is 11.4 Å². The van der Waals surface area contributed by atoms with Crippen molar-refractivity contribution in [2.45, 2.75) is 26.1 Å². The van der Waals surface area contributed by atoms with E-state index in [1.807, 2.05) is 0 Å². The van der Waals surface area contributed by atoms with Crippen LogP contribution in [0.15, 0.2) is 30.6 Å². The van der Waals surface area contributed by atoms with E-state index in [4.69, 9.17) is 21.1 Å². The Morgan fingerprint density at radius 2 is 1.96 bits per heavy atom. The van der Waals surface area contributed by atoms with Gasteiger partial charge < -0.3 is 9.47 Å². The van der Waals surface area contributed by atoms with Gasteiger partial charge in [0.1, 0.15) is 5.82 Å². The second kappa shape index (κ2) is 8.39. The van der Waals surface area contributed by atoms with Gasteiger partial charge in [-0.25, -0.2) is 14.4 Å². The first-order chi connectivity index (χ1) is 12.2. The monoisotopic (exact) mass is 360 g/mol. The lowest BCUT2D eigenvalue weighted by atomic mass is 10.1. The van der Waals surface area contributed by atoms with Crippen molar-refractivity contribution in [2.75, 3.05) is 13.2 Å². The van der Waals surface area contributed by atoms with Crippen molar-refractivity contribution in [2.24, 2.45) is 5.92 Å². The van der Waals surface area contributed by atoms with E-state index in [2.05, 4.69) is 28.7 Å². The zero-order valence-electron chi connectivity index (χ0n) is 13.8. The van der Waals surface area contributed by atoms with E-state index in [1.165, 1.54) is 12.1 Å². The Bertz CT molecular complexity index is 778. The summed E-state index contributed by atoms with van der Waals surface area (Å²) in [4.78, 5) is 8.43. The third kappa shape index (κ3) is 4.76. The van der Waals surface area contributed by atoms with Crippen molar-refractivity contribution in [3.63, 3.8) is 0 Å². The molecule has 0 atom stereocenters. The number of ether oxygens (including phenoxy) is 2. The Labute approximate surface area is 151 Å². The molecule has 1 saturated heterocycles. The molecule has 0 unspecified atom stereocenters. The van der Waals surface area contributed by atoms with Crippen LogP contribution in [0.2, 0.25) is 5.02 Å². The Balaban J connectivity index is 1.63. The molecule has 2 heterocycles. The van der Waals surface area contributed by atoms with Crippen LogP contribution in [0.4, 0.5) is 4.39 Å². The normalized spacial score (nSPS) is 20.0. The molecule has 0 spiro atoms. The summed E-state index contributed by atoms with van der Waals surface area (Å²) in [5.74, 6) is 6.22. The molecule has 1 fully saturated rings. The zero-order chi connectivity index (χ0) is 17.6. The van der Waals surface area contributed by atoms with Gasteiger partial charge in [0.2, 0.25) is 6.29 Å². The number of hydrogen-bond donors (Lipinski definition) is 0. The second-order valence-electron chi connectivity index (χ2n) is 5.85. The van der Waals surface area contributed by atoms with Gasteiger partial charge in [-0.2, -0.15) is 0 Å². The SMILES string of the molecule is CCCC1COC(C#Cc2cnc(-c3ccc(Cl)c(F)c3)nc2)OC1. The molecule has 0 amide bonds. The molecule has 25 heavy (non-hydrogen) atoms. The molecule has 0 radical (unpaired) electrons. The minimum Gasteiger partial charge on any atom is -0.342 e. The Kier molecular flexibility index (Phi) is 5.98. The molecule has 0 saturated carbocycles. The molecule has 4 nitrogen and oxygen atoms in total. The Morgan fingerprint density at radius 1 is 1.24 bits per heavy atom. The maximum Gasteiger partial charge on any atom is 0.222 e. The highest BCUT2D eigenvalue weighted by Gasteiger charge is 2.19. The lowest BCUT2D eigenvalue weighted by molar-refractivity contribution is -0.170. The van der Waals surface area contributed by atoms with Crippen LogP contribution in [-0.2, 0) is 9.47 Å². The van der Waals surface area contributed by atoms with E-state index < -0.39 is 12.1 Å². The molecule has 2 aromatic rings. The predicted molar refractivity (Wildman–Crippen MR) is 93.4 cm³/mol. The molecule has 1 aromatic heterocycles. The quantitative estimate of drug-likeness (QED) is 0.774. The van der Waals surface area contributed by atoms with E-state index in [9.17, 15) is 4.39 Å². The fourth-order valence-electron chi connectivity index (χ4n) is 2.52. The summed E-state index contributed by atoms with van der Waals surface area (Å²) >= 11 is 5.68. The predicted octanol–water partition coefficient (Wildman–Crippen LogP) is 4.08. The van der Waals surface area contributed by atoms with Gasteiger partial charge in [0.05, 0.1) is 23.8 Å². The third-order valence-corrected chi connectivity index (χ3v) is 4.13. The number of halogens is 2. The van der Waals surface area contributed by atoms with Crippen LogP contribution in [0.1, 0.15) is 25.3 Å². The molecular formula is C19H18ClFN2O2. The fraction of sp³-hybridized carbons (Fsp3) is 0.368. The van der Waals surface area contributed by atoms with Crippen LogP contribution in [0.5, 0.6) is 0 Å². The zero-order valence-corrected chi connectivity index (χ0v) is 14.6. The topological polar surface area (TPSA) is 44.2 Å². The molecule has 0 bridgehead atoms. The van der Waals surface area contributed by atoms with Gasteiger partial charge in [0.25, 0.3) is 0 Å². The van der Waals surface area contributed by atoms with Gasteiger partial charge >= 0.3 is 0 Å². The summed E-state index contributed by atoms with van der Waals surface area (Å²) in [7, 11) is 0. The highest BCUT2D eigenvalue weighted by molar-refractivity contribution is 6.30. The largest absolute Gasteiger partial charge is 0.342 e. The van der Waals surface area contributed by atoms with Crippen LogP contribution in [-0.4, -0.2) is 29.5 Å². The molecular weight excluding hydrogens is 343 g/mol. The summed E-state index contributed by atoms with van der Waals surface area (Å²) in [5.41, 5.74) is 1.20. The van der Waals surface area contributed by atoms with Crippen LogP contribution in [0.3, 0.4) is 0 Å². The van der Waals surface area contributed by atoms with Gasteiger partial charge in [0.15, 0.2) is 5.82 Å². The lowest BCUT2D eigenvalue weighted by Gasteiger charge is -2.26. The molecule has 130 valence electrons. The lowest BCUT2D eigenvalue weighted by Crippen LogP contribution is -2.31. The van der Waals surface area contributed by atoms with Gasteiger partial charge in [-0.1, -0.05) is 30.9 Å². The molecule has 0 N–H and O–H groups in total. The summed E-state index contributed by atoms with van der Waals surface area (Å²) in [6.45, 7) is 3.49. The highest BCUT2D eigenvalue weighted by atomic mass is 35.5. The average Bonchev–Trinajstić information content (AvgIpc) is 2.64. The fourth-order valence-corrected chi connectivity index (χ4v) is 2.64. The third-order valence-electron chi connectivity index (χ3n) is 3.83. The van der Waals surface area contributed by atoms with Crippen molar-refractivity contribution in [1.29, 1.82) is 0 Å². The van der Waals surface area contributed by atoms with Crippen molar-refractivity contribution in [1.82, 2.24) is 9.97 Å². The number of rotatable bonds is 3. The second-order valence-corrected chi connectivity index (χ2v) is 6.25. The molecule has 6 heteroatoms. The van der Waals surface area contributed by atoms with Gasteiger partial charge in [-0.05, 0) is 30.5 Å². The van der Waals surface area contributed by atoms with Crippen LogP contribution >= 0.6 is 11.6 Å². The summed E-state index contributed by atoms with van der Waals surface area (Å²) in [6, 6.07) is 4.45. The molecule has 1 aliphatic rings. The van der Waals surface area contributed by atoms with E-state index in [-0.39, 0.29) is 5.02 Å². The summed E-state index contributed by atoms with van der Waals surface area (Å²) in [6.07, 6.45) is 4.88. The average molecular weight is 361 g/mol. The number of aromatic nitrogens is 2. The van der Waals surface area contributed by atoms with Gasteiger partial charge in [-0.3, -0.25) is 0 Å². The van der Waals surface area contributed by atoms with Crippen molar-refractivity contribution in [3.8, 4) is 23.2 Å². The minimum atomic E-state index is -0.516. The van der Waals surface area contributed by atoms with E-state index >= 15 is 0 Å². The molecule has 1 aromatic carbocycles. The standard InChI is InChI=1S/C19H18ClFN2O2/c1-2-3-14-11-24-18(25-12-14)7-4-13-9-22-19(23-10-13)15-5-6-16(20)17(21)8-15/h5-6,8-10,14,18H,2-3,11-12H2,1H3. The molecule has 1 aliphatic heterocycles. The molecule has 0 aliphatic carbocycles. The van der Waals surface area contributed by atoms with Crippen molar-refractivity contribution >= 4 is 11.6 Å². The molecule has 3 rings (SSSR count). The smallest absolute Gasteiger partial charge is 0.222 e. The summed E-state index contributed by atoms with van der Waals surface area (Å²) < 4.78 is 24.7. The Hall–Kier alpha value is -2.00. The first kappa shape index (κ1) is 17.8. The van der Waals surface area contributed by atoms with Crippen LogP contribution in [0, 0.1) is 23.6 Å². The van der Waals surface area contributed by atoms with Gasteiger partial charge in [0, 0.05) is 23.9 Å². The van der Waals surface area contributed by atoms with E-state index in [0.29, 0.717) is 36.1 Å². The number of hydrogen-bond acceptors (Lipinski definition) is 4. The maximum absolute atomic E-state index is 13.5. The minimum absolute atomic E-state index is 0.0693. The van der Waals surface area contributed by atoms with E-state index in [1.54, 1.807) is 18.5 Å².